The zero-order valence-electron chi connectivity index (χ0n) is 12.2. The van der Waals surface area contributed by atoms with Crippen molar-refractivity contribution >= 4 is 11.8 Å². The van der Waals surface area contributed by atoms with Crippen molar-refractivity contribution < 1.29 is 4.52 Å². The van der Waals surface area contributed by atoms with Gasteiger partial charge < -0.3 is 9.84 Å². The Kier molecular flexibility index (Phi) is 5.61. The molecular formula is C15H21N3OS. The molecule has 0 saturated carbocycles. The molecule has 1 unspecified atom stereocenters. The molecule has 0 saturated heterocycles. The lowest BCUT2D eigenvalue weighted by Crippen LogP contribution is -2.26. The second kappa shape index (κ2) is 7.45. The van der Waals surface area contributed by atoms with Crippen LogP contribution in [0.2, 0.25) is 0 Å². The third kappa shape index (κ3) is 4.08. The Morgan fingerprint density at radius 2 is 2.15 bits per heavy atom. The lowest BCUT2D eigenvalue weighted by atomic mass is 10.1. The van der Waals surface area contributed by atoms with Crippen LogP contribution in [-0.2, 0) is 12.2 Å². The summed E-state index contributed by atoms with van der Waals surface area (Å²) in [4.78, 5) is 5.72. The molecular weight excluding hydrogens is 270 g/mol. The van der Waals surface area contributed by atoms with Crippen molar-refractivity contribution in [3.8, 4) is 0 Å². The first-order valence-corrected chi connectivity index (χ1v) is 7.88. The van der Waals surface area contributed by atoms with E-state index in [1.54, 1.807) is 11.8 Å². The number of hydrogen-bond donors (Lipinski definition) is 1. The number of aromatic nitrogens is 2. The minimum absolute atomic E-state index is 0.396. The van der Waals surface area contributed by atoms with Crippen LogP contribution in [0.4, 0.5) is 0 Å². The number of benzene rings is 1. The molecule has 0 amide bonds. The number of aryl methyl sites for hydroxylation is 1. The van der Waals surface area contributed by atoms with Crippen LogP contribution in [0.15, 0.2) is 33.7 Å². The standard InChI is InChI=1S/C15H21N3OS/c1-4-12(16-3)9-15-17-14(18-19-15)10-20-13-8-6-5-7-11(13)2/h5-8,12,16H,4,9-10H2,1-3H3. The first-order valence-electron chi connectivity index (χ1n) is 6.90. The minimum Gasteiger partial charge on any atom is -0.339 e. The molecule has 2 aromatic rings. The summed E-state index contributed by atoms with van der Waals surface area (Å²) < 4.78 is 5.30. The molecule has 0 aliphatic heterocycles. The van der Waals surface area contributed by atoms with Crippen LogP contribution in [0.5, 0.6) is 0 Å². The van der Waals surface area contributed by atoms with Gasteiger partial charge in [-0.15, -0.1) is 11.8 Å². The molecule has 0 aliphatic rings. The van der Waals surface area contributed by atoms with Gasteiger partial charge in [0.1, 0.15) is 0 Å². The average Bonchev–Trinajstić information content (AvgIpc) is 2.91. The van der Waals surface area contributed by atoms with Gasteiger partial charge in [-0.05, 0) is 32.0 Å². The Bertz CT molecular complexity index is 537. The van der Waals surface area contributed by atoms with Gasteiger partial charge in [0.05, 0.1) is 5.75 Å². The number of thioether (sulfide) groups is 1. The molecule has 1 heterocycles. The van der Waals surface area contributed by atoms with Crippen LogP contribution in [0.1, 0.15) is 30.6 Å². The summed E-state index contributed by atoms with van der Waals surface area (Å²) >= 11 is 1.74. The Labute approximate surface area is 124 Å². The van der Waals surface area contributed by atoms with Crippen LogP contribution < -0.4 is 5.32 Å². The van der Waals surface area contributed by atoms with Crippen molar-refractivity contribution in [2.45, 2.75) is 43.4 Å². The third-order valence-electron chi connectivity index (χ3n) is 3.28. The summed E-state index contributed by atoms with van der Waals surface area (Å²) in [5, 5.41) is 7.29. The second-order valence-corrected chi connectivity index (χ2v) is 5.77. The highest BCUT2D eigenvalue weighted by molar-refractivity contribution is 7.98. The fourth-order valence-corrected chi connectivity index (χ4v) is 2.83. The molecule has 0 spiro atoms. The van der Waals surface area contributed by atoms with Crippen molar-refractivity contribution in [2.24, 2.45) is 0 Å². The molecule has 1 aromatic heterocycles. The van der Waals surface area contributed by atoms with E-state index >= 15 is 0 Å². The van der Waals surface area contributed by atoms with Crippen molar-refractivity contribution in [3.63, 3.8) is 0 Å². The van der Waals surface area contributed by atoms with Crippen LogP contribution in [0.3, 0.4) is 0 Å². The average molecular weight is 291 g/mol. The predicted octanol–water partition coefficient (Wildman–Crippen LogP) is 3.21. The Hall–Kier alpha value is -1.33. The molecule has 0 aliphatic carbocycles. The van der Waals surface area contributed by atoms with Gasteiger partial charge in [0.25, 0.3) is 0 Å². The molecule has 108 valence electrons. The van der Waals surface area contributed by atoms with Gasteiger partial charge in [-0.25, -0.2) is 0 Å². The van der Waals surface area contributed by atoms with Crippen molar-refractivity contribution in [1.29, 1.82) is 0 Å². The van der Waals surface area contributed by atoms with E-state index in [4.69, 9.17) is 4.52 Å². The molecule has 0 radical (unpaired) electrons. The predicted molar refractivity (Wildman–Crippen MR) is 81.9 cm³/mol. The lowest BCUT2D eigenvalue weighted by Gasteiger charge is -2.09. The summed E-state index contributed by atoms with van der Waals surface area (Å²) in [6, 6.07) is 8.73. The zero-order chi connectivity index (χ0) is 14.4. The van der Waals surface area contributed by atoms with Gasteiger partial charge in [0.15, 0.2) is 5.82 Å². The Morgan fingerprint density at radius 3 is 2.85 bits per heavy atom. The third-order valence-corrected chi connectivity index (χ3v) is 4.45. The van der Waals surface area contributed by atoms with E-state index in [2.05, 4.69) is 53.6 Å². The molecule has 5 heteroatoms. The summed E-state index contributed by atoms with van der Waals surface area (Å²) in [6.07, 6.45) is 1.83. The topological polar surface area (TPSA) is 51.0 Å². The number of rotatable bonds is 7. The molecule has 1 atom stereocenters. The highest BCUT2D eigenvalue weighted by atomic mass is 32.2. The number of nitrogens with zero attached hydrogens (tertiary/aromatic N) is 2. The second-order valence-electron chi connectivity index (χ2n) is 4.76. The molecule has 4 nitrogen and oxygen atoms in total. The van der Waals surface area contributed by atoms with E-state index in [0.717, 1.165) is 24.4 Å². The molecule has 20 heavy (non-hydrogen) atoms. The quantitative estimate of drug-likeness (QED) is 0.794. The van der Waals surface area contributed by atoms with Gasteiger partial charge in [-0.2, -0.15) is 4.98 Å². The van der Waals surface area contributed by atoms with E-state index in [1.165, 1.54) is 10.5 Å². The molecule has 2 rings (SSSR count). The van der Waals surface area contributed by atoms with E-state index in [-0.39, 0.29) is 0 Å². The van der Waals surface area contributed by atoms with E-state index in [1.807, 2.05) is 7.05 Å². The molecule has 0 fully saturated rings. The number of nitrogens with one attached hydrogen (secondary N) is 1. The minimum atomic E-state index is 0.396. The Morgan fingerprint density at radius 1 is 1.35 bits per heavy atom. The SMILES string of the molecule is CCC(Cc1nc(CSc2ccccc2C)no1)NC. The number of hydrogen-bond acceptors (Lipinski definition) is 5. The maximum absolute atomic E-state index is 5.30. The van der Waals surface area contributed by atoms with Gasteiger partial charge in [0.2, 0.25) is 5.89 Å². The summed E-state index contributed by atoms with van der Waals surface area (Å²) in [7, 11) is 1.96. The van der Waals surface area contributed by atoms with E-state index in [0.29, 0.717) is 11.9 Å². The van der Waals surface area contributed by atoms with Crippen molar-refractivity contribution in [1.82, 2.24) is 15.5 Å². The zero-order valence-corrected chi connectivity index (χ0v) is 13.0. The van der Waals surface area contributed by atoms with Crippen molar-refractivity contribution in [3.05, 3.63) is 41.5 Å². The van der Waals surface area contributed by atoms with Gasteiger partial charge >= 0.3 is 0 Å². The maximum atomic E-state index is 5.30. The van der Waals surface area contributed by atoms with Crippen LogP contribution >= 0.6 is 11.8 Å². The number of likely N-dealkylation sites (N-methyl/N-ethyl adjacent to an activating group) is 1. The van der Waals surface area contributed by atoms with E-state index < -0.39 is 0 Å². The Balaban J connectivity index is 1.91. The van der Waals surface area contributed by atoms with Gasteiger partial charge in [-0.1, -0.05) is 30.3 Å². The monoisotopic (exact) mass is 291 g/mol. The van der Waals surface area contributed by atoms with Gasteiger partial charge in [-0.3, -0.25) is 0 Å². The molecule has 0 bridgehead atoms. The summed E-state index contributed by atoms with van der Waals surface area (Å²) in [5.41, 5.74) is 1.28. The highest BCUT2D eigenvalue weighted by Gasteiger charge is 2.12. The van der Waals surface area contributed by atoms with Crippen LogP contribution in [0, 0.1) is 6.92 Å². The fraction of sp³-hybridized carbons (Fsp3) is 0.467. The normalized spacial score (nSPS) is 12.6. The summed E-state index contributed by atoms with van der Waals surface area (Å²) in [6.45, 7) is 4.26. The maximum Gasteiger partial charge on any atom is 0.228 e. The molecule has 1 aromatic carbocycles. The first-order chi connectivity index (χ1) is 9.72. The smallest absolute Gasteiger partial charge is 0.228 e. The molecule has 1 N–H and O–H groups in total. The first kappa shape index (κ1) is 15.1. The summed E-state index contributed by atoms with van der Waals surface area (Å²) in [5.74, 6) is 2.22. The van der Waals surface area contributed by atoms with Crippen LogP contribution in [-0.4, -0.2) is 23.2 Å². The van der Waals surface area contributed by atoms with Gasteiger partial charge in [0, 0.05) is 17.4 Å². The van der Waals surface area contributed by atoms with Crippen molar-refractivity contribution in [2.75, 3.05) is 7.05 Å². The van der Waals surface area contributed by atoms with E-state index in [9.17, 15) is 0 Å². The lowest BCUT2D eigenvalue weighted by molar-refractivity contribution is 0.356. The van der Waals surface area contributed by atoms with Crippen LogP contribution in [0.25, 0.3) is 0 Å². The largest absolute Gasteiger partial charge is 0.339 e. The fourth-order valence-electron chi connectivity index (χ4n) is 1.95. The highest BCUT2D eigenvalue weighted by Crippen LogP contribution is 2.24.